The van der Waals surface area contributed by atoms with Gasteiger partial charge in [0.25, 0.3) is 5.91 Å². The van der Waals surface area contributed by atoms with Gasteiger partial charge in [0.1, 0.15) is 13.2 Å². The summed E-state index contributed by atoms with van der Waals surface area (Å²) in [6.45, 7) is 1.02. The molecule has 1 atom stereocenters. The molecule has 0 radical (unpaired) electrons. The number of anilines is 1. The van der Waals surface area contributed by atoms with Gasteiger partial charge in [-0.2, -0.15) is 0 Å². The first-order chi connectivity index (χ1) is 14.2. The molecule has 1 aliphatic carbocycles. The highest BCUT2D eigenvalue weighted by Gasteiger charge is 2.26. The van der Waals surface area contributed by atoms with Crippen molar-refractivity contribution in [3.05, 3.63) is 59.6 Å². The Hall–Kier alpha value is -3.48. The fourth-order valence-electron chi connectivity index (χ4n) is 4.01. The molecule has 5 rings (SSSR count). The number of benzene rings is 2. The molecule has 1 unspecified atom stereocenters. The number of nitrogen functional groups attached to an aromatic ring is 1. The molecule has 3 aromatic rings. The van der Waals surface area contributed by atoms with Gasteiger partial charge in [-0.25, -0.2) is 4.98 Å². The topological polar surface area (TPSA) is 99.6 Å². The van der Waals surface area contributed by atoms with Gasteiger partial charge in [0.15, 0.2) is 29.3 Å². The Morgan fingerprint density at radius 1 is 1.10 bits per heavy atom. The molecule has 29 heavy (non-hydrogen) atoms. The molecule has 1 aliphatic heterocycles. The molecule has 2 aromatic carbocycles. The molecule has 0 fully saturated rings. The minimum atomic E-state index is -0.265. The maximum absolute atomic E-state index is 13.0. The molecule has 7 nitrogen and oxygen atoms in total. The number of ether oxygens (including phenoxy) is 2. The van der Waals surface area contributed by atoms with Gasteiger partial charge in [-0.3, -0.25) is 4.79 Å². The van der Waals surface area contributed by atoms with Gasteiger partial charge < -0.3 is 24.9 Å². The number of amides is 1. The van der Waals surface area contributed by atoms with Crippen LogP contribution in [0.2, 0.25) is 0 Å². The lowest BCUT2D eigenvalue weighted by Gasteiger charge is -2.26. The van der Waals surface area contributed by atoms with Gasteiger partial charge in [-0.05, 0) is 60.7 Å². The molecular formula is C22H21N3O4. The average Bonchev–Trinajstić information content (AvgIpc) is 3.23. The molecule has 0 spiro atoms. The minimum absolute atomic E-state index is 0.0725. The second-order valence-corrected chi connectivity index (χ2v) is 7.27. The van der Waals surface area contributed by atoms with Crippen LogP contribution in [-0.4, -0.2) is 24.1 Å². The van der Waals surface area contributed by atoms with Crippen LogP contribution >= 0.6 is 0 Å². The SMILES string of the molecule is Nc1ccc2c(c1)CCCC2NC(=O)c1ncoc1-c1ccc2c(c1)OCCO2. The molecule has 0 bridgehead atoms. The highest BCUT2D eigenvalue weighted by molar-refractivity contribution is 5.98. The summed E-state index contributed by atoms with van der Waals surface area (Å²) >= 11 is 0. The van der Waals surface area contributed by atoms with E-state index in [0.29, 0.717) is 36.0 Å². The Kier molecular flexibility index (Phi) is 4.35. The van der Waals surface area contributed by atoms with Crippen LogP contribution in [0.15, 0.2) is 47.2 Å². The van der Waals surface area contributed by atoms with E-state index in [1.165, 1.54) is 12.0 Å². The average molecular weight is 391 g/mol. The van der Waals surface area contributed by atoms with Crippen molar-refractivity contribution in [3.63, 3.8) is 0 Å². The zero-order valence-corrected chi connectivity index (χ0v) is 15.8. The number of oxazole rings is 1. The first-order valence-corrected chi connectivity index (χ1v) is 9.72. The summed E-state index contributed by atoms with van der Waals surface area (Å²) in [6, 6.07) is 11.3. The van der Waals surface area contributed by atoms with Crippen molar-refractivity contribution >= 4 is 11.6 Å². The van der Waals surface area contributed by atoms with Gasteiger partial charge >= 0.3 is 0 Å². The Labute approximate surface area is 167 Å². The summed E-state index contributed by atoms with van der Waals surface area (Å²) in [6.07, 6.45) is 4.13. The summed E-state index contributed by atoms with van der Waals surface area (Å²) in [5.74, 6) is 1.46. The number of carbonyl (C=O) groups excluding carboxylic acids is 1. The number of rotatable bonds is 3. The summed E-state index contributed by atoms with van der Waals surface area (Å²) in [4.78, 5) is 17.2. The first-order valence-electron chi connectivity index (χ1n) is 9.72. The third-order valence-corrected chi connectivity index (χ3v) is 5.37. The Bertz CT molecular complexity index is 1080. The van der Waals surface area contributed by atoms with Crippen LogP contribution in [0.3, 0.4) is 0 Å². The number of hydrogen-bond donors (Lipinski definition) is 2. The quantitative estimate of drug-likeness (QED) is 0.663. The minimum Gasteiger partial charge on any atom is -0.486 e. The summed E-state index contributed by atoms with van der Waals surface area (Å²) in [5, 5.41) is 3.11. The van der Waals surface area contributed by atoms with E-state index in [9.17, 15) is 4.79 Å². The molecule has 2 aliphatic rings. The van der Waals surface area contributed by atoms with E-state index < -0.39 is 0 Å². The molecule has 3 N–H and O–H groups in total. The number of carbonyl (C=O) groups is 1. The Balaban J connectivity index is 1.41. The molecule has 1 aromatic heterocycles. The van der Waals surface area contributed by atoms with E-state index in [2.05, 4.69) is 10.3 Å². The van der Waals surface area contributed by atoms with Crippen molar-refractivity contribution < 1.29 is 18.7 Å². The second-order valence-electron chi connectivity index (χ2n) is 7.27. The Morgan fingerprint density at radius 2 is 1.97 bits per heavy atom. The van der Waals surface area contributed by atoms with Gasteiger partial charge in [-0.15, -0.1) is 0 Å². The molecule has 2 heterocycles. The van der Waals surface area contributed by atoms with Crippen LogP contribution in [0.1, 0.15) is 40.5 Å². The fraction of sp³-hybridized carbons (Fsp3) is 0.273. The highest BCUT2D eigenvalue weighted by Crippen LogP contribution is 2.36. The van der Waals surface area contributed by atoms with Gasteiger partial charge in [0.2, 0.25) is 0 Å². The normalized spacial score (nSPS) is 17.4. The molecule has 148 valence electrons. The number of fused-ring (bicyclic) bond motifs is 2. The number of aryl methyl sites for hydroxylation is 1. The maximum Gasteiger partial charge on any atom is 0.274 e. The summed E-state index contributed by atoms with van der Waals surface area (Å²) < 4.78 is 16.7. The summed E-state index contributed by atoms with van der Waals surface area (Å²) in [7, 11) is 0. The van der Waals surface area contributed by atoms with Crippen LogP contribution < -0.4 is 20.5 Å². The van der Waals surface area contributed by atoms with Crippen molar-refractivity contribution in [2.24, 2.45) is 0 Å². The maximum atomic E-state index is 13.0. The zero-order valence-electron chi connectivity index (χ0n) is 15.8. The lowest BCUT2D eigenvalue weighted by molar-refractivity contribution is 0.0928. The van der Waals surface area contributed by atoms with Crippen LogP contribution in [0.4, 0.5) is 5.69 Å². The summed E-state index contributed by atoms with van der Waals surface area (Å²) in [5.41, 5.74) is 9.93. The van der Waals surface area contributed by atoms with E-state index in [1.807, 2.05) is 36.4 Å². The van der Waals surface area contributed by atoms with Crippen LogP contribution in [0.5, 0.6) is 11.5 Å². The molecule has 0 saturated heterocycles. The van der Waals surface area contributed by atoms with Crippen LogP contribution in [-0.2, 0) is 6.42 Å². The Morgan fingerprint density at radius 3 is 2.86 bits per heavy atom. The lowest BCUT2D eigenvalue weighted by Crippen LogP contribution is -2.31. The van der Waals surface area contributed by atoms with Crippen molar-refractivity contribution in [1.29, 1.82) is 0 Å². The zero-order chi connectivity index (χ0) is 19.8. The smallest absolute Gasteiger partial charge is 0.274 e. The van der Waals surface area contributed by atoms with E-state index in [4.69, 9.17) is 19.6 Å². The molecule has 7 heteroatoms. The first kappa shape index (κ1) is 17.6. The van der Waals surface area contributed by atoms with E-state index >= 15 is 0 Å². The third-order valence-electron chi connectivity index (χ3n) is 5.37. The number of nitrogens with one attached hydrogen (secondary N) is 1. The van der Waals surface area contributed by atoms with Crippen molar-refractivity contribution in [3.8, 4) is 22.8 Å². The number of nitrogens with two attached hydrogens (primary N) is 1. The van der Waals surface area contributed by atoms with Crippen molar-refractivity contribution in [2.75, 3.05) is 18.9 Å². The number of nitrogens with zero attached hydrogens (tertiary/aromatic N) is 1. The predicted molar refractivity (Wildman–Crippen MR) is 107 cm³/mol. The van der Waals surface area contributed by atoms with Gasteiger partial charge in [0, 0.05) is 11.3 Å². The standard InChI is InChI=1S/C22H21N3O4/c23-15-5-6-16-13(10-15)2-1-3-17(16)25-22(26)20-21(29-12-24-20)14-4-7-18-19(11-14)28-9-8-27-18/h4-7,10-12,17H,1-3,8-9,23H2,(H,25,26). The molecule has 0 saturated carbocycles. The predicted octanol–water partition coefficient (Wildman–Crippen LogP) is 3.50. The van der Waals surface area contributed by atoms with Crippen molar-refractivity contribution in [1.82, 2.24) is 10.3 Å². The fourth-order valence-corrected chi connectivity index (χ4v) is 4.01. The van der Waals surface area contributed by atoms with Crippen LogP contribution in [0.25, 0.3) is 11.3 Å². The number of hydrogen-bond acceptors (Lipinski definition) is 6. The van der Waals surface area contributed by atoms with E-state index in [1.54, 1.807) is 0 Å². The van der Waals surface area contributed by atoms with E-state index in [0.717, 1.165) is 30.5 Å². The van der Waals surface area contributed by atoms with Gasteiger partial charge in [-0.1, -0.05) is 6.07 Å². The van der Waals surface area contributed by atoms with Crippen LogP contribution in [0, 0.1) is 0 Å². The van der Waals surface area contributed by atoms with E-state index in [-0.39, 0.29) is 17.6 Å². The monoisotopic (exact) mass is 391 g/mol. The van der Waals surface area contributed by atoms with Gasteiger partial charge in [0.05, 0.1) is 6.04 Å². The lowest BCUT2D eigenvalue weighted by atomic mass is 9.87. The molecule has 1 amide bonds. The number of aromatic nitrogens is 1. The van der Waals surface area contributed by atoms with Crippen molar-refractivity contribution in [2.45, 2.75) is 25.3 Å². The molecular weight excluding hydrogens is 370 g/mol. The third kappa shape index (κ3) is 3.29. The second kappa shape index (κ2) is 7.16. The highest BCUT2D eigenvalue weighted by atomic mass is 16.6. The largest absolute Gasteiger partial charge is 0.486 e.